The first kappa shape index (κ1) is 20.0. The van der Waals surface area contributed by atoms with Crippen molar-refractivity contribution in [1.29, 1.82) is 0 Å². The fourth-order valence-corrected chi connectivity index (χ4v) is 4.27. The van der Waals surface area contributed by atoms with Crippen LogP contribution in [0.25, 0.3) is 11.1 Å². The molecule has 30 heavy (non-hydrogen) atoms. The van der Waals surface area contributed by atoms with E-state index in [1.807, 2.05) is 36.4 Å². The molecule has 0 bridgehead atoms. The number of halogens is 1. The molecule has 1 aliphatic carbocycles. The number of carboxylic acids is 1. The van der Waals surface area contributed by atoms with Crippen molar-refractivity contribution in [3.8, 4) is 16.9 Å². The van der Waals surface area contributed by atoms with Gasteiger partial charge in [0, 0.05) is 10.4 Å². The highest BCUT2D eigenvalue weighted by Crippen LogP contribution is 2.44. The third-order valence-electron chi connectivity index (χ3n) is 5.10. The van der Waals surface area contributed by atoms with E-state index in [-0.39, 0.29) is 23.8 Å². The largest absolute Gasteiger partial charge is 0.497 e. The van der Waals surface area contributed by atoms with E-state index in [0.29, 0.717) is 10.2 Å². The molecule has 0 spiro atoms. The molecule has 0 saturated carbocycles. The lowest BCUT2D eigenvalue weighted by Crippen LogP contribution is -2.19. The van der Waals surface area contributed by atoms with Crippen LogP contribution in [0, 0.1) is 0 Å². The first-order valence-corrected chi connectivity index (χ1v) is 10.0. The Bertz CT molecular complexity index is 1100. The lowest BCUT2D eigenvalue weighted by molar-refractivity contribution is 0.0697. The third kappa shape index (κ3) is 3.64. The summed E-state index contributed by atoms with van der Waals surface area (Å²) in [7, 11) is 1.44. The van der Waals surface area contributed by atoms with E-state index in [2.05, 4.69) is 33.4 Å². The van der Waals surface area contributed by atoms with Crippen molar-refractivity contribution in [1.82, 2.24) is 0 Å². The number of benzene rings is 3. The summed E-state index contributed by atoms with van der Waals surface area (Å²) < 4.78 is 11.0. The van der Waals surface area contributed by atoms with Crippen LogP contribution < -0.4 is 10.1 Å². The molecule has 0 aromatic heterocycles. The van der Waals surface area contributed by atoms with E-state index in [0.717, 1.165) is 22.3 Å². The van der Waals surface area contributed by atoms with E-state index in [9.17, 15) is 14.7 Å². The van der Waals surface area contributed by atoms with Crippen molar-refractivity contribution >= 4 is 33.7 Å². The van der Waals surface area contributed by atoms with Crippen LogP contribution in [0.3, 0.4) is 0 Å². The number of carbonyl (C=O) groups excluding carboxylic acids is 1. The Morgan fingerprint density at radius 3 is 2.20 bits per heavy atom. The van der Waals surface area contributed by atoms with Gasteiger partial charge in [0.05, 0.1) is 18.4 Å². The Morgan fingerprint density at radius 2 is 1.63 bits per heavy atom. The van der Waals surface area contributed by atoms with Gasteiger partial charge in [0.25, 0.3) is 0 Å². The Kier molecular flexibility index (Phi) is 5.46. The number of methoxy groups -OCH3 is 1. The van der Waals surface area contributed by atoms with Crippen molar-refractivity contribution in [3.05, 3.63) is 81.8 Å². The van der Waals surface area contributed by atoms with Crippen molar-refractivity contribution in [3.63, 3.8) is 0 Å². The van der Waals surface area contributed by atoms with Gasteiger partial charge in [-0.3, -0.25) is 5.32 Å². The topological polar surface area (TPSA) is 84.9 Å². The smallest absolute Gasteiger partial charge is 0.411 e. The predicted octanol–water partition coefficient (Wildman–Crippen LogP) is 5.52. The summed E-state index contributed by atoms with van der Waals surface area (Å²) in [6, 6.07) is 19.0. The highest BCUT2D eigenvalue weighted by molar-refractivity contribution is 9.10. The molecule has 0 unspecified atom stereocenters. The van der Waals surface area contributed by atoms with E-state index >= 15 is 0 Å². The molecule has 0 heterocycles. The lowest BCUT2D eigenvalue weighted by atomic mass is 9.98. The number of rotatable bonds is 5. The van der Waals surface area contributed by atoms with Crippen LogP contribution >= 0.6 is 15.9 Å². The highest BCUT2D eigenvalue weighted by Gasteiger charge is 2.29. The second kappa shape index (κ2) is 8.20. The first-order valence-electron chi connectivity index (χ1n) is 9.22. The fourth-order valence-electron chi connectivity index (χ4n) is 3.73. The third-order valence-corrected chi connectivity index (χ3v) is 5.73. The average molecular weight is 468 g/mol. The van der Waals surface area contributed by atoms with Gasteiger partial charge in [0.1, 0.15) is 12.4 Å². The summed E-state index contributed by atoms with van der Waals surface area (Å²) in [5, 5.41) is 12.0. The molecule has 152 valence electrons. The summed E-state index contributed by atoms with van der Waals surface area (Å²) in [6.07, 6.45) is -0.731. The summed E-state index contributed by atoms with van der Waals surface area (Å²) in [5.41, 5.74) is 4.48. The molecule has 0 fully saturated rings. The van der Waals surface area contributed by atoms with Gasteiger partial charge in [0.15, 0.2) is 0 Å². The summed E-state index contributed by atoms with van der Waals surface area (Å²) in [6.45, 7) is 0.135. The van der Waals surface area contributed by atoms with E-state index in [1.54, 1.807) is 6.07 Å². The van der Waals surface area contributed by atoms with Gasteiger partial charge in [-0.25, -0.2) is 9.59 Å². The van der Waals surface area contributed by atoms with Gasteiger partial charge in [-0.1, -0.05) is 48.5 Å². The number of fused-ring (bicyclic) bond motifs is 3. The summed E-state index contributed by atoms with van der Waals surface area (Å²) in [4.78, 5) is 24.1. The summed E-state index contributed by atoms with van der Waals surface area (Å²) in [5.74, 6) is -0.915. The molecule has 0 saturated heterocycles. The first-order chi connectivity index (χ1) is 14.5. The molecule has 2 N–H and O–H groups in total. The Morgan fingerprint density at radius 1 is 1.03 bits per heavy atom. The van der Waals surface area contributed by atoms with Crippen LogP contribution in [0.1, 0.15) is 27.4 Å². The summed E-state index contributed by atoms with van der Waals surface area (Å²) >= 11 is 3.28. The number of carboxylic acid groups (broad SMARTS) is 1. The molecule has 1 aliphatic rings. The van der Waals surface area contributed by atoms with Gasteiger partial charge in [-0.2, -0.15) is 0 Å². The normalized spacial score (nSPS) is 12.1. The number of aromatic carboxylic acids is 1. The van der Waals surface area contributed by atoms with Crippen molar-refractivity contribution in [2.45, 2.75) is 5.92 Å². The molecular weight excluding hydrogens is 450 g/mol. The predicted molar refractivity (Wildman–Crippen MR) is 116 cm³/mol. The van der Waals surface area contributed by atoms with Gasteiger partial charge in [-0.15, -0.1) is 0 Å². The molecule has 1 amide bonds. The Balaban J connectivity index is 1.54. The zero-order valence-electron chi connectivity index (χ0n) is 16.0. The zero-order valence-corrected chi connectivity index (χ0v) is 17.6. The molecule has 3 aromatic rings. The lowest BCUT2D eigenvalue weighted by Gasteiger charge is -2.16. The van der Waals surface area contributed by atoms with E-state index in [1.165, 1.54) is 13.2 Å². The number of nitrogens with one attached hydrogen (secondary N) is 1. The van der Waals surface area contributed by atoms with Gasteiger partial charge in [-0.05, 0) is 50.3 Å². The number of amides is 1. The number of hydrogen-bond donors (Lipinski definition) is 2. The molecule has 7 heteroatoms. The monoisotopic (exact) mass is 467 g/mol. The number of carbonyl (C=O) groups is 2. The average Bonchev–Trinajstić information content (AvgIpc) is 3.07. The van der Waals surface area contributed by atoms with Crippen LogP contribution in [0.15, 0.2) is 65.1 Å². The second-order valence-electron chi connectivity index (χ2n) is 6.79. The van der Waals surface area contributed by atoms with Crippen molar-refractivity contribution in [2.75, 3.05) is 19.0 Å². The van der Waals surface area contributed by atoms with Crippen LogP contribution in [0.5, 0.6) is 5.75 Å². The second-order valence-corrected chi connectivity index (χ2v) is 7.64. The van der Waals surface area contributed by atoms with Crippen LogP contribution in [0.2, 0.25) is 0 Å². The Hall–Kier alpha value is -3.32. The number of ether oxygens (including phenoxy) is 2. The van der Waals surface area contributed by atoms with Gasteiger partial charge in [0.2, 0.25) is 0 Å². The zero-order chi connectivity index (χ0) is 21.3. The maximum atomic E-state index is 12.5. The number of anilines is 1. The molecule has 4 rings (SSSR count). The van der Waals surface area contributed by atoms with Crippen molar-refractivity contribution in [2.24, 2.45) is 0 Å². The standard InChI is InChI=1S/C23H18BrNO5/c1-29-13-10-18(22(26)27)21(20(24)11-13)25-23(28)30-12-19-16-8-4-2-6-14(16)15-7-3-5-9-17(15)19/h2-11,19H,12H2,1H3,(H,25,28)(H,26,27). The molecular formula is C23H18BrNO5. The molecule has 0 atom stereocenters. The molecule has 3 aromatic carbocycles. The van der Waals surface area contributed by atoms with Gasteiger partial charge < -0.3 is 14.6 Å². The molecule has 6 nitrogen and oxygen atoms in total. The van der Waals surface area contributed by atoms with E-state index in [4.69, 9.17) is 9.47 Å². The molecule has 0 radical (unpaired) electrons. The number of hydrogen-bond acceptors (Lipinski definition) is 4. The fraction of sp³-hybridized carbons (Fsp3) is 0.130. The minimum atomic E-state index is -1.19. The Labute approximate surface area is 181 Å². The van der Waals surface area contributed by atoms with E-state index < -0.39 is 12.1 Å². The molecule has 0 aliphatic heterocycles. The van der Waals surface area contributed by atoms with Crippen LogP contribution in [0.4, 0.5) is 10.5 Å². The maximum Gasteiger partial charge on any atom is 0.411 e. The quantitative estimate of drug-likeness (QED) is 0.516. The highest BCUT2D eigenvalue weighted by atomic mass is 79.9. The maximum absolute atomic E-state index is 12.5. The van der Waals surface area contributed by atoms with Crippen LogP contribution in [-0.4, -0.2) is 30.9 Å². The van der Waals surface area contributed by atoms with Gasteiger partial charge >= 0.3 is 12.1 Å². The minimum Gasteiger partial charge on any atom is -0.497 e. The SMILES string of the molecule is COc1cc(Br)c(NC(=O)OCC2c3ccccc3-c3ccccc32)c(C(=O)O)c1. The minimum absolute atomic E-state index is 0.0820. The van der Waals surface area contributed by atoms with Crippen LogP contribution in [-0.2, 0) is 4.74 Å². The van der Waals surface area contributed by atoms with Crippen molar-refractivity contribution < 1.29 is 24.2 Å².